The van der Waals surface area contributed by atoms with Crippen LogP contribution in [0.15, 0.2) is 48.5 Å². The van der Waals surface area contributed by atoms with E-state index in [0.29, 0.717) is 23.0 Å². The second-order valence-electron chi connectivity index (χ2n) is 4.99. The van der Waals surface area contributed by atoms with E-state index >= 15 is 0 Å². The number of halogens is 1. The molecule has 2 aromatic carbocycles. The van der Waals surface area contributed by atoms with Crippen molar-refractivity contribution in [2.75, 3.05) is 0 Å². The van der Waals surface area contributed by atoms with Crippen molar-refractivity contribution in [3.63, 3.8) is 0 Å². The average Bonchev–Trinajstić information content (AvgIpc) is 2.74. The summed E-state index contributed by atoms with van der Waals surface area (Å²) >= 11 is 0. The fourth-order valence-corrected chi connectivity index (χ4v) is 2.73. The molecule has 0 atom stereocenters. The van der Waals surface area contributed by atoms with Crippen LogP contribution in [0.5, 0.6) is 0 Å². The van der Waals surface area contributed by atoms with Gasteiger partial charge in [0.1, 0.15) is 11.5 Å². The summed E-state index contributed by atoms with van der Waals surface area (Å²) in [5, 5.41) is 10.1. The first-order valence-electron chi connectivity index (χ1n) is 6.64. The normalized spacial score (nSPS) is 11.0. The lowest BCUT2D eigenvalue weighted by atomic mass is 10.1. The van der Waals surface area contributed by atoms with Crippen LogP contribution in [0.25, 0.3) is 10.9 Å². The Bertz CT molecular complexity index is 822. The van der Waals surface area contributed by atoms with Gasteiger partial charge in [-0.05, 0) is 24.1 Å². The zero-order chi connectivity index (χ0) is 15.0. The van der Waals surface area contributed by atoms with Gasteiger partial charge < -0.3 is 9.67 Å². The number of para-hydroxylation sites is 1. The number of nitrogens with zero attached hydrogens (tertiary/aromatic N) is 1. The summed E-state index contributed by atoms with van der Waals surface area (Å²) in [5.41, 5.74) is 2.00. The van der Waals surface area contributed by atoms with E-state index in [1.165, 1.54) is 10.6 Å². The van der Waals surface area contributed by atoms with Gasteiger partial charge in [-0.15, -0.1) is 0 Å². The summed E-state index contributed by atoms with van der Waals surface area (Å²) in [7, 11) is 0. The highest BCUT2D eigenvalue weighted by Crippen LogP contribution is 2.28. The Kier molecular flexibility index (Phi) is 3.22. The number of hydrogen-bond acceptors (Lipinski definition) is 1. The second-order valence-corrected chi connectivity index (χ2v) is 4.99. The number of benzene rings is 2. The van der Waals surface area contributed by atoms with Crippen molar-refractivity contribution in [3.05, 3.63) is 71.2 Å². The van der Waals surface area contributed by atoms with E-state index in [9.17, 15) is 14.3 Å². The van der Waals surface area contributed by atoms with Crippen LogP contribution in [-0.4, -0.2) is 15.6 Å². The Morgan fingerprint density at radius 3 is 2.52 bits per heavy atom. The molecule has 0 saturated heterocycles. The van der Waals surface area contributed by atoms with Crippen LogP contribution in [0.3, 0.4) is 0 Å². The molecule has 0 radical (unpaired) electrons. The molecule has 1 N–H and O–H groups in total. The van der Waals surface area contributed by atoms with Crippen LogP contribution in [-0.2, 0) is 6.54 Å². The van der Waals surface area contributed by atoms with Crippen LogP contribution < -0.4 is 0 Å². The van der Waals surface area contributed by atoms with Crippen LogP contribution in [0, 0.1) is 12.7 Å². The van der Waals surface area contributed by atoms with Gasteiger partial charge in [-0.2, -0.15) is 0 Å². The number of aryl methyl sites for hydroxylation is 1. The van der Waals surface area contributed by atoms with E-state index < -0.39 is 11.8 Å². The van der Waals surface area contributed by atoms with Crippen molar-refractivity contribution in [2.24, 2.45) is 0 Å². The highest BCUT2D eigenvalue weighted by Gasteiger charge is 2.21. The second kappa shape index (κ2) is 5.05. The standard InChI is InChI=1S/C17H14FNO2/c1-11-13-8-5-9-14(18)16(13)19(15(11)17(20)21)10-12-6-3-2-4-7-12/h2-9H,10H2,1H3,(H,20,21). The van der Waals surface area contributed by atoms with E-state index in [-0.39, 0.29) is 5.69 Å². The maximum Gasteiger partial charge on any atom is 0.352 e. The molecule has 3 aromatic rings. The molecule has 0 fully saturated rings. The van der Waals surface area contributed by atoms with Crippen molar-refractivity contribution in [1.82, 2.24) is 4.57 Å². The zero-order valence-corrected chi connectivity index (χ0v) is 11.5. The summed E-state index contributed by atoms with van der Waals surface area (Å²) in [6.45, 7) is 2.04. The maximum atomic E-state index is 14.2. The number of aromatic carboxylic acids is 1. The van der Waals surface area contributed by atoms with Gasteiger partial charge in [0.05, 0.1) is 5.52 Å². The summed E-state index contributed by atoms with van der Waals surface area (Å²) in [5.74, 6) is -1.45. The molecule has 0 aliphatic heterocycles. The number of carbonyl (C=O) groups is 1. The van der Waals surface area contributed by atoms with Crippen LogP contribution in [0.2, 0.25) is 0 Å². The molecule has 0 aliphatic rings. The van der Waals surface area contributed by atoms with Crippen molar-refractivity contribution in [2.45, 2.75) is 13.5 Å². The topological polar surface area (TPSA) is 42.2 Å². The first-order valence-corrected chi connectivity index (χ1v) is 6.64. The highest BCUT2D eigenvalue weighted by molar-refractivity contribution is 5.98. The quantitative estimate of drug-likeness (QED) is 0.793. The van der Waals surface area contributed by atoms with Crippen LogP contribution >= 0.6 is 0 Å². The van der Waals surface area contributed by atoms with E-state index in [2.05, 4.69) is 0 Å². The third-order valence-corrected chi connectivity index (χ3v) is 3.67. The number of carboxylic acids is 1. The monoisotopic (exact) mass is 283 g/mol. The van der Waals surface area contributed by atoms with Gasteiger partial charge >= 0.3 is 5.97 Å². The smallest absolute Gasteiger partial charge is 0.352 e. The van der Waals surface area contributed by atoms with Crippen LogP contribution in [0.1, 0.15) is 21.6 Å². The molecule has 1 aromatic heterocycles. The number of fused-ring (bicyclic) bond motifs is 1. The maximum absolute atomic E-state index is 14.2. The molecule has 0 spiro atoms. The van der Waals surface area contributed by atoms with Crippen LogP contribution in [0.4, 0.5) is 4.39 Å². The predicted octanol–water partition coefficient (Wildman–Crippen LogP) is 3.84. The molecule has 3 nitrogen and oxygen atoms in total. The average molecular weight is 283 g/mol. The summed E-state index contributed by atoms with van der Waals surface area (Å²) in [6, 6.07) is 14.2. The van der Waals surface area contributed by atoms with Gasteiger partial charge in [0.25, 0.3) is 0 Å². The SMILES string of the molecule is Cc1c(C(=O)O)n(Cc2ccccc2)c2c(F)cccc12. The number of carboxylic acid groups (broad SMARTS) is 1. The molecule has 0 amide bonds. The Labute approximate surface area is 121 Å². The molecule has 0 bridgehead atoms. The summed E-state index contributed by atoms with van der Waals surface area (Å²) in [4.78, 5) is 11.6. The van der Waals surface area contributed by atoms with E-state index in [1.807, 2.05) is 30.3 Å². The summed E-state index contributed by atoms with van der Waals surface area (Å²) in [6.07, 6.45) is 0. The van der Waals surface area contributed by atoms with E-state index in [0.717, 1.165) is 5.56 Å². The molecule has 0 aliphatic carbocycles. The number of hydrogen-bond donors (Lipinski definition) is 1. The molecular weight excluding hydrogens is 269 g/mol. The largest absolute Gasteiger partial charge is 0.477 e. The van der Waals surface area contributed by atoms with E-state index in [4.69, 9.17) is 0 Å². The predicted molar refractivity (Wildman–Crippen MR) is 79.1 cm³/mol. The van der Waals surface area contributed by atoms with Crippen molar-refractivity contribution in [3.8, 4) is 0 Å². The fraction of sp³-hybridized carbons (Fsp3) is 0.118. The van der Waals surface area contributed by atoms with Gasteiger partial charge in [0, 0.05) is 11.9 Å². The first kappa shape index (κ1) is 13.4. The Morgan fingerprint density at radius 1 is 1.14 bits per heavy atom. The molecule has 4 heteroatoms. The third-order valence-electron chi connectivity index (χ3n) is 3.67. The van der Waals surface area contributed by atoms with Gasteiger partial charge in [-0.25, -0.2) is 9.18 Å². The molecule has 3 rings (SSSR count). The van der Waals surface area contributed by atoms with Crippen molar-refractivity contribution >= 4 is 16.9 Å². The minimum absolute atomic E-state index is 0.138. The molecule has 1 heterocycles. The van der Waals surface area contributed by atoms with Crippen molar-refractivity contribution in [1.29, 1.82) is 0 Å². The summed E-state index contributed by atoms with van der Waals surface area (Å²) < 4.78 is 15.7. The number of rotatable bonds is 3. The zero-order valence-electron chi connectivity index (χ0n) is 11.5. The third kappa shape index (κ3) is 2.18. The molecule has 0 unspecified atom stereocenters. The molecule has 21 heavy (non-hydrogen) atoms. The molecule has 0 saturated carbocycles. The first-order chi connectivity index (χ1) is 10.1. The lowest BCUT2D eigenvalue weighted by Crippen LogP contribution is -2.11. The molecular formula is C17H14FNO2. The van der Waals surface area contributed by atoms with Gasteiger partial charge in [-0.1, -0.05) is 42.5 Å². The highest BCUT2D eigenvalue weighted by atomic mass is 19.1. The van der Waals surface area contributed by atoms with Gasteiger partial charge in [0.15, 0.2) is 0 Å². The van der Waals surface area contributed by atoms with Gasteiger partial charge in [0.2, 0.25) is 0 Å². The minimum atomic E-state index is -1.04. The lowest BCUT2D eigenvalue weighted by molar-refractivity contribution is 0.0685. The lowest BCUT2D eigenvalue weighted by Gasteiger charge is -2.09. The Balaban J connectivity index is 2.29. The van der Waals surface area contributed by atoms with E-state index in [1.54, 1.807) is 19.1 Å². The Hall–Kier alpha value is -2.62. The minimum Gasteiger partial charge on any atom is -0.477 e. The Morgan fingerprint density at radius 2 is 1.86 bits per heavy atom. The fourth-order valence-electron chi connectivity index (χ4n) is 2.73. The number of aromatic nitrogens is 1. The van der Waals surface area contributed by atoms with Gasteiger partial charge in [-0.3, -0.25) is 0 Å². The van der Waals surface area contributed by atoms with Crippen molar-refractivity contribution < 1.29 is 14.3 Å². The molecule has 106 valence electrons.